The van der Waals surface area contributed by atoms with Crippen LogP contribution in [0.2, 0.25) is 0 Å². The van der Waals surface area contributed by atoms with Crippen molar-refractivity contribution < 1.29 is 9.85 Å². The summed E-state index contributed by atoms with van der Waals surface area (Å²) in [6, 6.07) is 3.44. The van der Waals surface area contributed by atoms with Gasteiger partial charge in [-0.1, -0.05) is 0 Å². The Bertz CT molecular complexity index is 548. The van der Waals surface area contributed by atoms with E-state index in [0.29, 0.717) is 0 Å². The number of hydrogen-bond donors (Lipinski definition) is 1. The van der Waals surface area contributed by atoms with Gasteiger partial charge in [0.25, 0.3) is 5.69 Å². The number of hydrazone groups is 1. The lowest BCUT2D eigenvalue weighted by Gasteiger charge is -2.03. The second-order valence-corrected chi connectivity index (χ2v) is 4.21. The van der Waals surface area contributed by atoms with Gasteiger partial charge in [0, 0.05) is 11.8 Å². The number of rotatable bonds is 4. The van der Waals surface area contributed by atoms with Crippen molar-refractivity contribution in [1.82, 2.24) is 0 Å². The SMILES string of the molecule is O=[N+]([O-])c1ccc(NN=C2CCCC2)c([N+](=O)[O-])c1. The van der Waals surface area contributed by atoms with Crippen LogP contribution < -0.4 is 5.43 Å². The molecule has 0 heterocycles. The van der Waals surface area contributed by atoms with Crippen LogP contribution in [0.15, 0.2) is 23.3 Å². The number of benzene rings is 1. The summed E-state index contributed by atoms with van der Waals surface area (Å²) in [5.41, 5.74) is 3.09. The van der Waals surface area contributed by atoms with Crippen LogP contribution in [-0.4, -0.2) is 15.6 Å². The van der Waals surface area contributed by atoms with Crippen molar-refractivity contribution in [3.05, 3.63) is 38.4 Å². The van der Waals surface area contributed by atoms with Gasteiger partial charge in [0.15, 0.2) is 0 Å². The van der Waals surface area contributed by atoms with E-state index in [1.54, 1.807) is 0 Å². The fourth-order valence-electron chi connectivity index (χ4n) is 1.91. The second-order valence-electron chi connectivity index (χ2n) is 4.21. The van der Waals surface area contributed by atoms with Gasteiger partial charge in [0.2, 0.25) is 0 Å². The van der Waals surface area contributed by atoms with Crippen LogP contribution >= 0.6 is 0 Å². The molecule has 0 unspecified atom stereocenters. The summed E-state index contributed by atoms with van der Waals surface area (Å²) < 4.78 is 0. The molecule has 0 amide bonds. The standard InChI is InChI=1S/C11H12N4O4/c16-14(17)9-5-6-10(11(7-9)15(18)19)13-12-8-3-1-2-4-8/h5-7,13H,1-4H2. The van der Waals surface area contributed by atoms with Crippen molar-refractivity contribution in [3.8, 4) is 0 Å². The predicted octanol–water partition coefficient (Wildman–Crippen LogP) is 2.84. The molecule has 0 bridgehead atoms. The maximum Gasteiger partial charge on any atom is 0.301 e. The largest absolute Gasteiger partial charge is 0.301 e. The molecule has 1 fully saturated rings. The summed E-state index contributed by atoms with van der Waals surface area (Å²) in [6.07, 6.45) is 3.91. The summed E-state index contributed by atoms with van der Waals surface area (Å²) in [4.78, 5) is 20.1. The molecule has 1 N–H and O–H groups in total. The van der Waals surface area contributed by atoms with E-state index in [0.717, 1.165) is 37.5 Å². The molecule has 2 rings (SSSR count). The molecule has 1 aromatic rings. The third-order valence-corrected chi connectivity index (χ3v) is 2.90. The number of nitro benzene ring substituents is 2. The fraction of sp³-hybridized carbons (Fsp3) is 0.364. The van der Waals surface area contributed by atoms with E-state index in [1.165, 1.54) is 12.1 Å². The molecule has 0 atom stereocenters. The Balaban J connectivity index is 2.26. The van der Waals surface area contributed by atoms with Crippen LogP contribution in [0.4, 0.5) is 17.1 Å². The summed E-state index contributed by atoms with van der Waals surface area (Å²) in [5, 5.41) is 25.6. The van der Waals surface area contributed by atoms with Gasteiger partial charge < -0.3 is 0 Å². The molecule has 100 valence electrons. The molecule has 8 nitrogen and oxygen atoms in total. The van der Waals surface area contributed by atoms with Crippen molar-refractivity contribution in [3.63, 3.8) is 0 Å². The highest BCUT2D eigenvalue weighted by atomic mass is 16.6. The van der Waals surface area contributed by atoms with Crippen molar-refractivity contribution in [2.45, 2.75) is 25.7 Å². The predicted molar refractivity (Wildman–Crippen MR) is 69.3 cm³/mol. The first kappa shape index (κ1) is 12.9. The van der Waals surface area contributed by atoms with Crippen LogP contribution in [0.5, 0.6) is 0 Å². The molecule has 0 aliphatic heterocycles. The molecule has 0 radical (unpaired) electrons. The van der Waals surface area contributed by atoms with E-state index in [1.807, 2.05) is 0 Å². The lowest BCUT2D eigenvalue weighted by atomic mass is 10.2. The number of hydrogen-bond acceptors (Lipinski definition) is 6. The Morgan fingerprint density at radius 2 is 1.79 bits per heavy atom. The Hall–Kier alpha value is -2.51. The lowest BCUT2D eigenvalue weighted by Crippen LogP contribution is -2.01. The zero-order valence-corrected chi connectivity index (χ0v) is 10.0. The van der Waals surface area contributed by atoms with E-state index < -0.39 is 9.85 Å². The van der Waals surface area contributed by atoms with Crippen molar-refractivity contribution in [1.29, 1.82) is 0 Å². The summed E-state index contributed by atoms with van der Waals surface area (Å²) in [5.74, 6) is 0. The van der Waals surface area contributed by atoms with E-state index >= 15 is 0 Å². The number of nitrogens with one attached hydrogen (secondary N) is 1. The zero-order valence-electron chi connectivity index (χ0n) is 10.0. The number of nitro groups is 2. The number of anilines is 1. The van der Waals surface area contributed by atoms with Gasteiger partial charge >= 0.3 is 5.69 Å². The van der Waals surface area contributed by atoms with E-state index in [4.69, 9.17) is 0 Å². The van der Waals surface area contributed by atoms with Gasteiger partial charge in [-0.15, -0.1) is 0 Å². The molecule has 1 saturated carbocycles. The minimum Gasteiger partial charge on any atom is -0.272 e. The lowest BCUT2D eigenvalue weighted by molar-refractivity contribution is -0.393. The highest BCUT2D eigenvalue weighted by Crippen LogP contribution is 2.29. The average molecular weight is 264 g/mol. The zero-order chi connectivity index (χ0) is 13.8. The molecule has 0 spiro atoms. The van der Waals surface area contributed by atoms with Crippen molar-refractivity contribution in [2.75, 3.05) is 5.43 Å². The minimum absolute atomic E-state index is 0.162. The van der Waals surface area contributed by atoms with Gasteiger partial charge in [0.1, 0.15) is 5.69 Å². The molecule has 1 aromatic carbocycles. The summed E-state index contributed by atoms with van der Waals surface area (Å²) in [7, 11) is 0. The van der Waals surface area contributed by atoms with Gasteiger partial charge in [-0.25, -0.2) is 0 Å². The van der Waals surface area contributed by atoms with Gasteiger partial charge in [-0.3, -0.25) is 25.7 Å². The molecule has 19 heavy (non-hydrogen) atoms. The van der Waals surface area contributed by atoms with Gasteiger partial charge in [-0.05, 0) is 31.7 Å². The van der Waals surface area contributed by atoms with Crippen LogP contribution in [-0.2, 0) is 0 Å². The Morgan fingerprint density at radius 1 is 1.11 bits per heavy atom. The molecule has 1 aliphatic rings. The van der Waals surface area contributed by atoms with E-state index in [2.05, 4.69) is 10.5 Å². The Kier molecular flexibility index (Phi) is 3.69. The average Bonchev–Trinajstić information content (AvgIpc) is 2.89. The fourth-order valence-corrected chi connectivity index (χ4v) is 1.91. The first-order chi connectivity index (χ1) is 9.08. The molecule has 8 heteroatoms. The van der Waals surface area contributed by atoms with Crippen LogP contribution in [0.3, 0.4) is 0 Å². The summed E-state index contributed by atoms with van der Waals surface area (Å²) >= 11 is 0. The van der Waals surface area contributed by atoms with E-state index in [9.17, 15) is 20.2 Å². The molecule has 0 aromatic heterocycles. The second kappa shape index (κ2) is 5.42. The number of non-ortho nitro benzene ring substituents is 1. The third-order valence-electron chi connectivity index (χ3n) is 2.90. The Labute approximate surface area is 108 Å². The van der Waals surface area contributed by atoms with Crippen LogP contribution in [0.1, 0.15) is 25.7 Å². The van der Waals surface area contributed by atoms with E-state index in [-0.39, 0.29) is 17.1 Å². The quantitative estimate of drug-likeness (QED) is 0.663. The first-order valence-electron chi connectivity index (χ1n) is 5.82. The maximum absolute atomic E-state index is 10.9. The molecular weight excluding hydrogens is 252 g/mol. The number of nitrogens with zero attached hydrogens (tertiary/aromatic N) is 3. The first-order valence-corrected chi connectivity index (χ1v) is 5.82. The normalized spacial score (nSPS) is 14.2. The molecular formula is C11H12N4O4. The minimum atomic E-state index is -0.667. The Morgan fingerprint density at radius 3 is 2.37 bits per heavy atom. The van der Waals surface area contributed by atoms with Gasteiger partial charge in [-0.2, -0.15) is 5.10 Å². The van der Waals surface area contributed by atoms with Crippen LogP contribution in [0.25, 0.3) is 0 Å². The van der Waals surface area contributed by atoms with Crippen molar-refractivity contribution >= 4 is 22.8 Å². The highest BCUT2D eigenvalue weighted by molar-refractivity contribution is 5.87. The van der Waals surface area contributed by atoms with Gasteiger partial charge in [0.05, 0.1) is 15.9 Å². The smallest absolute Gasteiger partial charge is 0.272 e. The highest BCUT2D eigenvalue weighted by Gasteiger charge is 2.19. The summed E-state index contributed by atoms with van der Waals surface area (Å²) in [6.45, 7) is 0. The monoisotopic (exact) mass is 264 g/mol. The molecule has 1 aliphatic carbocycles. The van der Waals surface area contributed by atoms with Crippen LogP contribution in [0, 0.1) is 20.2 Å². The molecule has 0 saturated heterocycles. The third kappa shape index (κ3) is 3.03. The maximum atomic E-state index is 10.9. The topological polar surface area (TPSA) is 111 Å². The van der Waals surface area contributed by atoms with Crippen molar-refractivity contribution in [2.24, 2.45) is 5.10 Å².